The van der Waals surface area contributed by atoms with Crippen molar-refractivity contribution in [3.8, 4) is 0 Å². The zero-order valence-electron chi connectivity index (χ0n) is 12.2. The lowest BCUT2D eigenvalue weighted by molar-refractivity contribution is 0.141. The fourth-order valence-electron chi connectivity index (χ4n) is 1.54. The highest BCUT2D eigenvalue weighted by Crippen LogP contribution is 2.13. The molecular formula is C12H22ClN5O2. The lowest BCUT2D eigenvalue weighted by Crippen LogP contribution is -2.33. The molecule has 20 heavy (non-hydrogen) atoms. The van der Waals surface area contributed by atoms with E-state index in [0.29, 0.717) is 51.4 Å². The van der Waals surface area contributed by atoms with Crippen molar-refractivity contribution in [2.45, 2.75) is 13.8 Å². The van der Waals surface area contributed by atoms with Gasteiger partial charge in [-0.1, -0.05) is 0 Å². The van der Waals surface area contributed by atoms with Crippen molar-refractivity contribution in [2.24, 2.45) is 0 Å². The summed E-state index contributed by atoms with van der Waals surface area (Å²) in [6.07, 6.45) is 0. The van der Waals surface area contributed by atoms with Crippen LogP contribution in [-0.2, 0) is 9.47 Å². The summed E-state index contributed by atoms with van der Waals surface area (Å²) in [5.41, 5.74) is 0. The van der Waals surface area contributed by atoms with Gasteiger partial charge in [0.25, 0.3) is 0 Å². The molecule has 1 heterocycles. The average molecular weight is 304 g/mol. The van der Waals surface area contributed by atoms with E-state index in [4.69, 9.17) is 21.1 Å². The van der Waals surface area contributed by atoms with Crippen LogP contribution in [0.3, 0.4) is 0 Å². The van der Waals surface area contributed by atoms with Gasteiger partial charge in [-0.05, 0) is 25.4 Å². The van der Waals surface area contributed by atoms with Gasteiger partial charge in [0.05, 0.1) is 13.2 Å². The number of hydrogen-bond donors (Lipinski definition) is 1. The molecule has 0 atom stereocenters. The molecule has 0 aliphatic carbocycles. The standard InChI is InChI=1S/C12H22ClN5O2/c1-4-19-8-6-18(7-9-20-5-2)12-16-10(13)15-11(14-3)17-12/h4-9H2,1-3H3,(H,14,15,16,17). The number of rotatable bonds is 10. The second-order valence-electron chi connectivity index (χ2n) is 3.86. The minimum absolute atomic E-state index is 0.164. The highest BCUT2D eigenvalue weighted by Gasteiger charge is 2.12. The molecule has 0 radical (unpaired) electrons. The Morgan fingerprint density at radius 2 is 1.65 bits per heavy atom. The monoisotopic (exact) mass is 303 g/mol. The summed E-state index contributed by atoms with van der Waals surface area (Å²) in [5, 5.41) is 3.03. The van der Waals surface area contributed by atoms with Gasteiger partial charge in [-0.3, -0.25) is 0 Å². The Kier molecular flexibility index (Phi) is 8.17. The Morgan fingerprint density at radius 3 is 2.15 bits per heavy atom. The van der Waals surface area contributed by atoms with Crippen LogP contribution in [0.25, 0.3) is 0 Å². The summed E-state index contributed by atoms with van der Waals surface area (Å²) in [6, 6.07) is 0. The Bertz CT molecular complexity index is 384. The minimum atomic E-state index is 0.164. The molecule has 0 fully saturated rings. The summed E-state index contributed by atoms with van der Waals surface area (Å²) in [5.74, 6) is 0.964. The van der Waals surface area contributed by atoms with Crippen molar-refractivity contribution >= 4 is 23.5 Å². The first-order valence-electron chi connectivity index (χ1n) is 6.71. The van der Waals surface area contributed by atoms with E-state index in [-0.39, 0.29) is 5.28 Å². The maximum absolute atomic E-state index is 5.90. The molecule has 0 saturated heterocycles. The predicted molar refractivity (Wildman–Crippen MR) is 79.6 cm³/mol. The second-order valence-corrected chi connectivity index (χ2v) is 4.20. The van der Waals surface area contributed by atoms with Gasteiger partial charge in [0.15, 0.2) is 0 Å². The fraction of sp³-hybridized carbons (Fsp3) is 0.750. The molecule has 0 saturated carbocycles. The van der Waals surface area contributed by atoms with Crippen molar-refractivity contribution in [1.82, 2.24) is 15.0 Å². The molecule has 0 spiro atoms. The van der Waals surface area contributed by atoms with Crippen molar-refractivity contribution < 1.29 is 9.47 Å². The summed E-state index contributed by atoms with van der Waals surface area (Å²) < 4.78 is 10.8. The quantitative estimate of drug-likeness (QED) is 0.656. The SMILES string of the molecule is CCOCCN(CCOCC)c1nc(Cl)nc(NC)n1. The van der Waals surface area contributed by atoms with E-state index in [1.165, 1.54) is 0 Å². The molecule has 1 N–H and O–H groups in total. The van der Waals surface area contributed by atoms with E-state index < -0.39 is 0 Å². The topological polar surface area (TPSA) is 72.4 Å². The minimum Gasteiger partial charge on any atom is -0.380 e. The molecule has 1 rings (SSSR count). The molecule has 0 aliphatic rings. The molecule has 7 nitrogen and oxygen atoms in total. The lowest BCUT2D eigenvalue weighted by atomic mass is 10.5. The van der Waals surface area contributed by atoms with Gasteiger partial charge >= 0.3 is 0 Å². The normalized spacial score (nSPS) is 10.6. The van der Waals surface area contributed by atoms with Crippen LogP contribution in [0, 0.1) is 0 Å². The largest absolute Gasteiger partial charge is 0.380 e. The number of aromatic nitrogens is 3. The van der Waals surface area contributed by atoms with Crippen molar-refractivity contribution in [2.75, 3.05) is 56.8 Å². The van der Waals surface area contributed by atoms with E-state index >= 15 is 0 Å². The van der Waals surface area contributed by atoms with Crippen LogP contribution in [0.2, 0.25) is 5.28 Å². The van der Waals surface area contributed by atoms with Gasteiger partial charge in [0.1, 0.15) is 0 Å². The van der Waals surface area contributed by atoms with E-state index in [1.54, 1.807) is 7.05 Å². The number of nitrogens with one attached hydrogen (secondary N) is 1. The molecule has 0 bridgehead atoms. The van der Waals surface area contributed by atoms with Crippen molar-refractivity contribution in [3.05, 3.63) is 5.28 Å². The zero-order chi connectivity index (χ0) is 14.8. The first-order valence-corrected chi connectivity index (χ1v) is 7.08. The van der Waals surface area contributed by atoms with E-state index in [2.05, 4.69) is 20.3 Å². The summed E-state index contributed by atoms with van der Waals surface area (Å²) in [6.45, 7) is 7.82. The van der Waals surface area contributed by atoms with E-state index in [9.17, 15) is 0 Å². The van der Waals surface area contributed by atoms with Gasteiger partial charge in [-0.2, -0.15) is 15.0 Å². The summed E-state index contributed by atoms with van der Waals surface area (Å²) in [4.78, 5) is 14.4. The summed E-state index contributed by atoms with van der Waals surface area (Å²) >= 11 is 5.90. The molecule has 1 aromatic rings. The van der Waals surface area contributed by atoms with Crippen LogP contribution in [0.1, 0.15) is 13.8 Å². The smallest absolute Gasteiger partial charge is 0.231 e. The molecule has 114 valence electrons. The number of hydrogen-bond acceptors (Lipinski definition) is 7. The van der Waals surface area contributed by atoms with Crippen LogP contribution in [-0.4, -0.2) is 61.5 Å². The lowest BCUT2D eigenvalue weighted by Gasteiger charge is -2.22. The number of halogens is 1. The van der Waals surface area contributed by atoms with Gasteiger partial charge in [0, 0.05) is 33.4 Å². The van der Waals surface area contributed by atoms with Crippen molar-refractivity contribution in [3.63, 3.8) is 0 Å². The van der Waals surface area contributed by atoms with Crippen molar-refractivity contribution in [1.29, 1.82) is 0 Å². The van der Waals surface area contributed by atoms with Gasteiger partial charge in [0.2, 0.25) is 17.2 Å². The first-order chi connectivity index (χ1) is 9.71. The maximum Gasteiger partial charge on any atom is 0.231 e. The van der Waals surface area contributed by atoms with Gasteiger partial charge < -0.3 is 19.7 Å². The third-order valence-electron chi connectivity index (χ3n) is 2.52. The van der Waals surface area contributed by atoms with Gasteiger partial charge in [-0.25, -0.2) is 0 Å². The van der Waals surface area contributed by atoms with E-state index in [1.807, 2.05) is 18.7 Å². The third kappa shape index (κ3) is 5.85. The van der Waals surface area contributed by atoms with E-state index in [0.717, 1.165) is 0 Å². The average Bonchev–Trinajstić information content (AvgIpc) is 2.45. The van der Waals surface area contributed by atoms with Gasteiger partial charge in [-0.15, -0.1) is 0 Å². The van der Waals surface area contributed by atoms with Crippen LogP contribution < -0.4 is 10.2 Å². The fourth-order valence-corrected chi connectivity index (χ4v) is 1.70. The molecule has 0 aliphatic heterocycles. The molecule has 0 aromatic carbocycles. The molecule has 8 heteroatoms. The Hall–Kier alpha value is -1.18. The molecule has 0 amide bonds. The zero-order valence-corrected chi connectivity index (χ0v) is 13.0. The molecule has 0 unspecified atom stereocenters. The van der Waals surface area contributed by atoms with Crippen LogP contribution in [0.5, 0.6) is 0 Å². The second kappa shape index (κ2) is 9.68. The highest BCUT2D eigenvalue weighted by molar-refractivity contribution is 6.28. The molecule has 1 aromatic heterocycles. The maximum atomic E-state index is 5.90. The Morgan fingerprint density at radius 1 is 1.05 bits per heavy atom. The Balaban J connectivity index is 2.75. The van der Waals surface area contributed by atoms with Crippen LogP contribution in [0.4, 0.5) is 11.9 Å². The first kappa shape index (κ1) is 16.9. The van der Waals surface area contributed by atoms with Crippen LogP contribution >= 0.6 is 11.6 Å². The third-order valence-corrected chi connectivity index (χ3v) is 2.69. The Labute approximate surface area is 124 Å². The summed E-state index contributed by atoms with van der Waals surface area (Å²) in [7, 11) is 1.74. The van der Waals surface area contributed by atoms with Crippen LogP contribution in [0.15, 0.2) is 0 Å². The number of anilines is 2. The number of nitrogens with zero attached hydrogens (tertiary/aromatic N) is 4. The highest BCUT2D eigenvalue weighted by atomic mass is 35.5. The number of ether oxygens (including phenoxy) is 2. The molecular weight excluding hydrogens is 282 g/mol. The predicted octanol–water partition coefficient (Wildman–Crippen LogP) is 1.45.